The summed E-state index contributed by atoms with van der Waals surface area (Å²) in [4.78, 5) is 12.1. The number of rotatable bonds is 3. The van der Waals surface area contributed by atoms with E-state index >= 15 is 0 Å². The second-order valence-corrected chi connectivity index (χ2v) is 5.11. The number of aromatic nitrogens is 2. The largest absolute Gasteiger partial charge is 0.309 e. The Hall–Kier alpha value is -2.61. The Kier molecular flexibility index (Phi) is 3.57. The van der Waals surface area contributed by atoms with Crippen molar-refractivity contribution in [2.24, 2.45) is 5.41 Å². The molecule has 1 heterocycles. The molecule has 2 rings (SSSR count). The van der Waals surface area contributed by atoms with E-state index in [0.717, 1.165) is 11.4 Å². The van der Waals surface area contributed by atoms with Gasteiger partial charge in [0.15, 0.2) is 0 Å². The lowest BCUT2D eigenvalue weighted by atomic mass is 9.95. The third-order valence-corrected chi connectivity index (χ3v) is 2.92. The maximum Gasteiger partial charge on any atom is 0.245 e. The molecular weight excluding hydrogens is 252 g/mol. The molecule has 5 nitrogen and oxygen atoms in total. The molecule has 2 aromatic rings. The maximum atomic E-state index is 12.1. The van der Waals surface area contributed by atoms with Crippen LogP contribution in [-0.4, -0.2) is 15.7 Å². The molecule has 0 aliphatic rings. The molecule has 0 unspecified atom stereocenters. The number of nitriles is 1. The molecule has 0 aliphatic heterocycles. The Morgan fingerprint density at radius 1 is 1.35 bits per heavy atom. The molecule has 0 spiro atoms. The van der Waals surface area contributed by atoms with E-state index in [1.807, 2.05) is 43.3 Å². The first-order valence-electron chi connectivity index (χ1n) is 6.29. The molecule has 102 valence electrons. The Morgan fingerprint density at radius 2 is 2.00 bits per heavy atom. The van der Waals surface area contributed by atoms with Crippen molar-refractivity contribution in [3.63, 3.8) is 0 Å². The summed E-state index contributed by atoms with van der Waals surface area (Å²) in [5.74, 6) is 0.208. The number of carbonyl (C=O) groups is 1. The van der Waals surface area contributed by atoms with Gasteiger partial charge in [-0.3, -0.25) is 4.79 Å². The minimum Gasteiger partial charge on any atom is -0.309 e. The van der Waals surface area contributed by atoms with Crippen molar-refractivity contribution in [1.82, 2.24) is 9.78 Å². The van der Waals surface area contributed by atoms with Gasteiger partial charge in [0.25, 0.3) is 0 Å². The summed E-state index contributed by atoms with van der Waals surface area (Å²) in [6, 6.07) is 13.3. The second kappa shape index (κ2) is 5.17. The highest BCUT2D eigenvalue weighted by Crippen LogP contribution is 2.21. The van der Waals surface area contributed by atoms with Crippen LogP contribution in [0.5, 0.6) is 0 Å². The third-order valence-electron chi connectivity index (χ3n) is 2.92. The van der Waals surface area contributed by atoms with Crippen molar-refractivity contribution in [1.29, 1.82) is 5.26 Å². The quantitative estimate of drug-likeness (QED) is 0.930. The van der Waals surface area contributed by atoms with E-state index in [1.165, 1.54) is 0 Å². The minimum absolute atomic E-state index is 0.350. The van der Waals surface area contributed by atoms with Crippen molar-refractivity contribution >= 4 is 11.7 Å². The van der Waals surface area contributed by atoms with E-state index in [9.17, 15) is 4.79 Å². The highest BCUT2D eigenvalue weighted by molar-refractivity contribution is 5.96. The Balaban J connectivity index is 2.35. The second-order valence-electron chi connectivity index (χ2n) is 5.11. The molecule has 1 N–H and O–H groups in total. The van der Waals surface area contributed by atoms with Gasteiger partial charge in [0.2, 0.25) is 5.91 Å². The van der Waals surface area contributed by atoms with E-state index in [-0.39, 0.29) is 5.91 Å². The topological polar surface area (TPSA) is 70.7 Å². The molecule has 0 saturated heterocycles. The van der Waals surface area contributed by atoms with Gasteiger partial charge in [0.1, 0.15) is 11.2 Å². The summed E-state index contributed by atoms with van der Waals surface area (Å²) in [6.07, 6.45) is 0. The number of hydrogen-bond donors (Lipinski definition) is 1. The van der Waals surface area contributed by atoms with Crippen LogP contribution in [0.25, 0.3) is 5.69 Å². The summed E-state index contributed by atoms with van der Waals surface area (Å²) < 4.78 is 1.65. The summed E-state index contributed by atoms with van der Waals surface area (Å²) >= 11 is 0. The monoisotopic (exact) mass is 268 g/mol. The predicted molar refractivity (Wildman–Crippen MR) is 76.3 cm³/mol. The minimum atomic E-state index is -1.08. The van der Waals surface area contributed by atoms with Crippen LogP contribution >= 0.6 is 0 Å². The van der Waals surface area contributed by atoms with Crippen LogP contribution in [0.2, 0.25) is 0 Å². The third kappa shape index (κ3) is 2.69. The number of anilines is 1. The Labute approximate surface area is 117 Å². The molecule has 0 atom stereocenters. The molecular formula is C15H16N4O. The average Bonchev–Trinajstić information content (AvgIpc) is 2.80. The Morgan fingerprint density at radius 3 is 2.60 bits per heavy atom. The van der Waals surface area contributed by atoms with Crippen LogP contribution in [0.3, 0.4) is 0 Å². The summed E-state index contributed by atoms with van der Waals surface area (Å²) in [6.45, 7) is 5.02. The molecule has 1 amide bonds. The maximum absolute atomic E-state index is 12.1. The smallest absolute Gasteiger partial charge is 0.245 e. The fourth-order valence-corrected chi connectivity index (χ4v) is 1.68. The van der Waals surface area contributed by atoms with Gasteiger partial charge < -0.3 is 5.32 Å². The molecule has 0 fully saturated rings. The zero-order valence-corrected chi connectivity index (χ0v) is 11.7. The molecule has 1 aromatic heterocycles. The van der Waals surface area contributed by atoms with Crippen LogP contribution in [0.15, 0.2) is 36.4 Å². The van der Waals surface area contributed by atoms with E-state index in [4.69, 9.17) is 5.26 Å². The van der Waals surface area contributed by atoms with Crippen molar-refractivity contribution in [3.8, 4) is 11.8 Å². The first kappa shape index (κ1) is 13.8. The van der Waals surface area contributed by atoms with Crippen molar-refractivity contribution in [2.75, 3.05) is 5.32 Å². The first-order valence-corrected chi connectivity index (χ1v) is 6.29. The van der Waals surface area contributed by atoms with Gasteiger partial charge in [-0.2, -0.15) is 10.4 Å². The van der Waals surface area contributed by atoms with Gasteiger partial charge in [-0.25, -0.2) is 4.68 Å². The van der Waals surface area contributed by atoms with Gasteiger partial charge in [0, 0.05) is 6.07 Å². The zero-order valence-electron chi connectivity index (χ0n) is 11.7. The predicted octanol–water partition coefficient (Wildman–Crippen LogP) is 2.67. The van der Waals surface area contributed by atoms with Crippen LogP contribution in [-0.2, 0) is 4.79 Å². The van der Waals surface area contributed by atoms with Gasteiger partial charge in [-0.15, -0.1) is 0 Å². The standard InChI is InChI=1S/C15H16N4O/c1-11-9-13(17-14(20)15(2,3)10-16)19(18-11)12-7-5-4-6-8-12/h4-9H,1-3H3,(H,17,20). The average molecular weight is 268 g/mol. The van der Waals surface area contributed by atoms with Gasteiger partial charge in [0.05, 0.1) is 17.5 Å². The van der Waals surface area contributed by atoms with E-state index in [2.05, 4.69) is 10.4 Å². The van der Waals surface area contributed by atoms with Crippen LogP contribution in [0, 0.1) is 23.7 Å². The molecule has 20 heavy (non-hydrogen) atoms. The van der Waals surface area contributed by atoms with E-state index in [1.54, 1.807) is 24.6 Å². The SMILES string of the molecule is Cc1cc(NC(=O)C(C)(C)C#N)n(-c2ccccc2)n1. The number of nitrogens with zero attached hydrogens (tertiary/aromatic N) is 3. The van der Waals surface area contributed by atoms with Gasteiger partial charge >= 0.3 is 0 Å². The number of aryl methyl sites for hydroxylation is 1. The molecule has 0 radical (unpaired) electrons. The van der Waals surface area contributed by atoms with Crippen LogP contribution < -0.4 is 5.32 Å². The lowest BCUT2D eigenvalue weighted by Gasteiger charge is -2.15. The number of amides is 1. The van der Waals surface area contributed by atoms with E-state index in [0.29, 0.717) is 5.82 Å². The van der Waals surface area contributed by atoms with Gasteiger partial charge in [-0.05, 0) is 32.9 Å². The number of nitrogens with one attached hydrogen (secondary N) is 1. The normalized spacial score (nSPS) is 10.9. The first-order chi connectivity index (χ1) is 9.44. The summed E-state index contributed by atoms with van der Waals surface area (Å²) in [5.41, 5.74) is 0.559. The molecule has 0 saturated carbocycles. The molecule has 1 aromatic carbocycles. The lowest BCUT2D eigenvalue weighted by molar-refractivity contribution is -0.121. The molecule has 0 bridgehead atoms. The number of para-hydroxylation sites is 1. The molecule has 5 heteroatoms. The summed E-state index contributed by atoms with van der Waals surface area (Å²) in [7, 11) is 0. The zero-order chi connectivity index (χ0) is 14.8. The van der Waals surface area contributed by atoms with E-state index < -0.39 is 5.41 Å². The summed E-state index contributed by atoms with van der Waals surface area (Å²) in [5, 5.41) is 16.1. The van der Waals surface area contributed by atoms with Crippen molar-refractivity contribution < 1.29 is 4.79 Å². The number of hydrogen-bond acceptors (Lipinski definition) is 3. The fourth-order valence-electron chi connectivity index (χ4n) is 1.68. The van der Waals surface area contributed by atoms with Crippen LogP contribution in [0.1, 0.15) is 19.5 Å². The highest BCUT2D eigenvalue weighted by atomic mass is 16.2. The highest BCUT2D eigenvalue weighted by Gasteiger charge is 2.28. The lowest BCUT2D eigenvalue weighted by Crippen LogP contribution is -2.30. The fraction of sp³-hybridized carbons (Fsp3) is 0.267. The van der Waals surface area contributed by atoms with Gasteiger partial charge in [-0.1, -0.05) is 18.2 Å². The van der Waals surface area contributed by atoms with Crippen molar-refractivity contribution in [2.45, 2.75) is 20.8 Å². The number of carbonyl (C=O) groups excluding carboxylic acids is 1. The molecule has 0 aliphatic carbocycles. The van der Waals surface area contributed by atoms with Crippen molar-refractivity contribution in [3.05, 3.63) is 42.1 Å². The van der Waals surface area contributed by atoms with Crippen LogP contribution in [0.4, 0.5) is 5.82 Å². The Bertz CT molecular complexity index is 665. The number of benzene rings is 1.